The third kappa shape index (κ3) is 1.48. The Bertz CT molecular complexity index is 287. The summed E-state index contributed by atoms with van der Waals surface area (Å²) in [5.41, 5.74) is 2.34. The molecule has 0 spiro atoms. The number of hydrogen-bond donors (Lipinski definition) is 1. The molecule has 1 atom stereocenters. The van der Waals surface area contributed by atoms with Gasteiger partial charge in [-0.1, -0.05) is 12.1 Å². The van der Waals surface area contributed by atoms with E-state index >= 15 is 0 Å². The molecule has 1 aliphatic heterocycles. The second-order valence-corrected chi connectivity index (χ2v) is 3.62. The highest BCUT2D eigenvalue weighted by atomic mass is 16.5. The van der Waals surface area contributed by atoms with Crippen LogP contribution in [0, 0.1) is 6.92 Å². The van der Waals surface area contributed by atoms with Crippen LogP contribution in [0.4, 0.5) is 0 Å². The summed E-state index contributed by atoms with van der Waals surface area (Å²) in [6.07, 6.45) is 3.38. The van der Waals surface area contributed by atoms with Gasteiger partial charge in [-0.3, -0.25) is 0 Å². The second-order valence-electron chi connectivity index (χ2n) is 3.62. The van der Waals surface area contributed by atoms with Gasteiger partial charge < -0.3 is 9.84 Å². The predicted octanol–water partition coefficient (Wildman–Crippen LogP) is 1.97. The standard InChI is InChI=1S/C10H16N2O/c1-3-8-7(2)10(13-12-8)9-5-4-6-11-9/h9,11H,3-6H2,1-2H3. The Balaban J connectivity index is 2.24. The van der Waals surface area contributed by atoms with E-state index in [0.717, 1.165) is 24.4 Å². The average Bonchev–Trinajstić information content (AvgIpc) is 2.72. The lowest BCUT2D eigenvalue weighted by molar-refractivity contribution is 0.346. The van der Waals surface area contributed by atoms with Crippen molar-refractivity contribution in [2.45, 2.75) is 39.2 Å². The highest BCUT2D eigenvalue weighted by Crippen LogP contribution is 2.27. The Kier molecular flexibility index (Phi) is 2.36. The monoisotopic (exact) mass is 180 g/mol. The molecule has 3 heteroatoms. The molecule has 1 saturated heterocycles. The van der Waals surface area contributed by atoms with Gasteiger partial charge in [0, 0.05) is 5.56 Å². The Morgan fingerprint density at radius 2 is 2.46 bits per heavy atom. The molecule has 0 radical (unpaired) electrons. The van der Waals surface area contributed by atoms with Crippen LogP contribution >= 0.6 is 0 Å². The highest BCUT2D eigenvalue weighted by Gasteiger charge is 2.23. The fourth-order valence-electron chi connectivity index (χ4n) is 1.95. The molecular weight excluding hydrogens is 164 g/mol. The van der Waals surface area contributed by atoms with E-state index < -0.39 is 0 Å². The zero-order chi connectivity index (χ0) is 9.26. The molecular formula is C10H16N2O. The van der Waals surface area contributed by atoms with E-state index in [1.54, 1.807) is 0 Å². The molecule has 2 heterocycles. The molecule has 1 N–H and O–H groups in total. The first-order valence-corrected chi connectivity index (χ1v) is 5.01. The topological polar surface area (TPSA) is 38.1 Å². The average molecular weight is 180 g/mol. The zero-order valence-electron chi connectivity index (χ0n) is 8.26. The van der Waals surface area contributed by atoms with Crippen molar-refractivity contribution in [2.75, 3.05) is 6.54 Å². The summed E-state index contributed by atoms with van der Waals surface area (Å²) < 4.78 is 5.36. The van der Waals surface area contributed by atoms with E-state index in [1.165, 1.54) is 18.4 Å². The van der Waals surface area contributed by atoms with Gasteiger partial charge in [0.1, 0.15) is 0 Å². The van der Waals surface area contributed by atoms with Crippen LogP contribution in [0.5, 0.6) is 0 Å². The molecule has 1 aliphatic rings. The summed E-state index contributed by atoms with van der Waals surface area (Å²) in [4.78, 5) is 0. The minimum absolute atomic E-state index is 0.410. The van der Waals surface area contributed by atoms with E-state index in [0.29, 0.717) is 6.04 Å². The van der Waals surface area contributed by atoms with Crippen molar-refractivity contribution in [1.82, 2.24) is 10.5 Å². The van der Waals surface area contributed by atoms with Gasteiger partial charge in [-0.2, -0.15) is 0 Å². The molecule has 3 nitrogen and oxygen atoms in total. The number of aromatic nitrogens is 1. The molecule has 0 bridgehead atoms. The van der Waals surface area contributed by atoms with E-state index in [4.69, 9.17) is 4.52 Å². The maximum Gasteiger partial charge on any atom is 0.156 e. The summed E-state index contributed by atoms with van der Waals surface area (Å²) in [7, 11) is 0. The largest absolute Gasteiger partial charge is 0.359 e. The maximum absolute atomic E-state index is 5.36. The van der Waals surface area contributed by atoms with Gasteiger partial charge in [-0.15, -0.1) is 0 Å². The summed E-state index contributed by atoms with van der Waals surface area (Å²) in [5, 5.41) is 7.48. The lowest BCUT2D eigenvalue weighted by atomic mass is 10.1. The Morgan fingerprint density at radius 1 is 1.62 bits per heavy atom. The van der Waals surface area contributed by atoms with E-state index in [1.807, 2.05) is 0 Å². The molecule has 1 fully saturated rings. The van der Waals surface area contributed by atoms with Crippen LogP contribution in [0.3, 0.4) is 0 Å². The predicted molar refractivity (Wildman–Crippen MR) is 50.6 cm³/mol. The lowest BCUT2D eigenvalue weighted by Crippen LogP contribution is -2.13. The van der Waals surface area contributed by atoms with Crippen LogP contribution in [0.25, 0.3) is 0 Å². The summed E-state index contributed by atoms with van der Waals surface area (Å²) in [6, 6.07) is 0.410. The summed E-state index contributed by atoms with van der Waals surface area (Å²) in [6.45, 7) is 5.31. The van der Waals surface area contributed by atoms with Gasteiger partial charge in [-0.25, -0.2) is 0 Å². The third-order valence-corrected chi connectivity index (χ3v) is 2.77. The molecule has 0 saturated carbocycles. The van der Waals surface area contributed by atoms with Crippen molar-refractivity contribution in [3.8, 4) is 0 Å². The molecule has 0 amide bonds. The number of aryl methyl sites for hydroxylation is 1. The van der Waals surface area contributed by atoms with E-state index in [-0.39, 0.29) is 0 Å². The Morgan fingerprint density at radius 3 is 3.00 bits per heavy atom. The van der Waals surface area contributed by atoms with Crippen LogP contribution in [0.1, 0.15) is 42.8 Å². The summed E-state index contributed by atoms with van der Waals surface area (Å²) >= 11 is 0. The number of hydrogen-bond acceptors (Lipinski definition) is 3. The number of rotatable bonds is 2. The summed E-state index contributed by atoms with van der Waals surface area (Å²) in [5.74, 6) is 1.05. The normalized spacial score (nSPS) is 22.5. The molecule has 1 aromatic heterocycles. The van der Waals surface area contributed by atoms with Crippen LogP contribution in [-0.2, 0) is 6.42 Å². The first kappa shape index (κ1) is 8.75. The first-order valence-electron chi connectivity index (χ1n) is 5.01. The highest BCUT2D eigenvalue weighted by molar-refractivity contribution is 5.24. The Hall–Kier alpha value is -0.830. The van der Waals surface area contributed by atoms with Crippen molar-refractivity contribution in [1.29, 1.82) is 0 Å². The molecule has 0 aromatic carbocycles. The molecule has 2 rings (SSSR count). The van der Waals surface area contributed by atoms with Crippen LogP contribution < -0.4 is 5.32 Å². The maximum atomic E-state index is 5.36. The minimum atomic E-state index is 0.410. The quantitative estimate of drug-likeness (QED) is 0.756. The van der Waals surface area contributed by atoms with Crippen molar-refractivity contribution in [3.63, 3.8) is 0 Å². The van der Waals surface area contributed by atoms with Gasteiger partial charge in [0.25, 0.3) is 0 Å². The van der Waals surface area contributed by atoms with Crippen molar-refractivity contribution in [2.24, 2.45) is 0 Å². The van der Waals surface area contributed by atoms with Gasteiger partial charge >= 0.3 is 0 Å². The Labute approximate surface area is 78.5 Å². The first-order chi connectivity index (χ1) is 6.33. The molecule has 1 unspecified atom stereocenters. The SMILES string of the molecule is CCc1noc(C2CCCN2)c1C. The smallest absolute Gasteiger partial charge is 0.156 e. The molecule has 0 aliphatic carbocycles. The van der Waals surface area contributed by atoms with Crippen molar-refractivity contribution >= 4 is 0 Å². The van der Waals surface area contributed by atoms with Crippen LogP contribution in [-0.4, -0.2) is 11.7 Å². The lowest BCUT2D eigenvalue weighted by Gasteiger charge is -2.05. The van der Waals surface area contributed by atoms with E-state index in [2.05, 4.69) is 24.3 Å². The number of nitrogens with zero attached hydrogens (tertiary/aromatic N) is 1. The molecule has 1 aromatic rings. The van der Waals surface area contributed by atoms with Gasteiger partial charge in [0.2, 0.25) is 0 Å². The minimum Gasteiger partial charge on any atom is -0.359 e. The fourth-order valence-corrected chi connectivity index (χ4v) is 1.95. The number of nitrogens with one attached hydrogen (secondary N) is 1. The van der Waals surface area contributed by atoms with Gasteiger partial charge in [0.05, 0.1) is 11.7 Å². The zero-order valence-corrected chi connectivity index (χ0v) is 8.26. The van der Waals surface area contributed by atoms with E-state index in [9.17, 15) is 0 Å². The van der Waals surface area contributed by atoms with Crippen molar-refractivity contribution in [3.05, 3.63) is 17.0 Å². The second kappa shape index (κ2) is 3.50. The van der Waals surface area contributed by atoms with Crippen molar-refractivity contribution < 1.29 is 4.52 Å². The van der Waals surface area contributed by atoms with Crippen LogP contribution in [0.2, 0.25) is 0 Å². The van der Waals surface area contributed by atoms with Crippen LogP contribution in [0.15, 0.2) is 4.52 Å². The molecule has 72 valence electrons. The van der Waals surface area contributed by atoms with Gasteiger partial charge in [0.15, 0.2) is 5.76 Å². The molecule has 13 heavy (non-hydrogen) atoms. The van der Waals surface area contributed by atoms with Gasteiger partial charge in [-0.05, 0) is 32.7 Å². The third-order valence-electron chi connectivity index (χ3n) is 2.77. The fraction of sp³-hybridized carbons (Fsp3) is 0.700.